The molecule has 0 unspecified atom stereocenters. The highest BCUT2D eigenvalue weighted by Gasteiger charge is 2.49. The van der Waals surface area contributed by atoms with Gasteiger partial charge in [-0.2, -0.15) is 13.2 Å². The van der Waals surface area contributed by atoms with Crippen LogP contribution >= 0.6 is 0 Å². The predicted molar refractivity (Wildman–Crippen MR) is 195 cm³/mol. The van der Waals surface area contributed by atoms with Gasteiger partial charge in [-0.25, -0.2) is 0 Å². The van der Waals surface area contributed by atoms with E-state index in [0.29, 0.717) is 0 Å². The second-order valence-electron chi connectivity index (χ2n) is 15.6. The van der Waals surface area contributed by atoms with Crippen molar-refractivity contribution in [1.29, 1.82) is 0 Å². The van der Waals surface area contributed by atoms with E-state index in [1.54, 1.807) is 19.9 Å². The lowest BCUT2D eigenvalue weighted by Gasteiger charge is -2.45. The van der Waals surface area contributed by atoms with Crippen LogP contribution in [0.15, 0.2) is 37.0 Å². The van der Waals surface area contributed by atoms with Gasteiger partial charge in [-0.3, -0.25) is 14.4 Å². The van der Waals surface area contributed by atoms with Crippen molar-refractivity contribution in [3.8, 4) is 0 Å². The van der Waals surface area contributed by atoms with Crippen LogP contribution in [0.3, 0.4) is 0 Å². The Bertz CT molecular complexity index is 1140. The molecule has 0 aliphatic carbocycles. The second kappa shape index (κ2) is 17.9. The number of carbonyl (C=O) groups is 3. The Morgan fingerprint density at radius 3 is 1.75 bits per heavy atom. The van der Waals surface area contributed by atoms with Gasteiger partial charge in [0.25, 0.3) is 0 Å². The summed E-state index contributed by atoms with van der Waals surface area (Å²) in [5, 5.41) is -0.0977. The lowest BCUT2D eigenvalue weighted by atomic mass is 9.73. The fraction of sp³-hybridized carbons (Fsp3) is 0.757. The van der Waals surface area contributed by atoms with E-state index in [2.05, 4.69) is 47.0 Å². The van der Waals surface area contributed by atoms with Crippen molar-refractivity contribution in [3.05, 3.63) is 37.0 Å². The molecular weight excluding hydrogens is 654 g/mol. The number of hydrogen-bond donors (Lipinski definition) is 0. The van der Waals surface area contributed by atoms with Gasteiger partial charge in [0.1, 0.15) is 5.78 Å². The highest BCUT2D eigenvalue weighted by atomic mass is 28.4. The maximum atomic E-state index is 14.6. The Morgan fingerprint density at radius 1 is 0.875 bits per heavy atom. The third-order valence-electron chi connectivity index (χ3n) is 10.7. The second-order valence-corrected chi connectivity index (χ2v) is 25.0. The Labute approximate surface area is 291 Å². The molecule has 6 nitrogen and oxygen atoms in total. The summed E-state index contributed by atoms with van der Waals surface area (Å²) in [5.74, 6) is -2.28. The molecule has 0 bridgehead atoms. The van der Waals surface area contributed by atoms with E-state index < -0.39 is 82.1 Å². The summed E-state index contributed by atoms with van der Waals surface area (Å²) in [7, 11) is -4.71. The predicted octanol–water partition coefficient (Wildman–Crippen LogP) is 10.6. The molecule has 0 heterocycles. The van der Waals surface area contributed by atoms with Crippen molar-refractivity contribution in [2.45, 2.75) is 163 Å². The summed E-state index contributed by atoms with van der Waals surface area (Å²) in [6.07, 6.45) is -3.46. The van der Waals surface area contributed by atoms with Crippen molar-refractivity contribution in [2.75, 3.05) is 0 Å². The van der Waals surface area contributed by atoms with Gasteiger partial charge < -0.3 is 13.6 Å². The number of Topliss-reactive ketones (excluding diaryl/α,β-unsaturated/α-hetero) is 2. The maximum absolute atomic E-state index is 14.6. The minimum atomic E-state index is -4.63. The summed E-state index contributed by atoms with van der Waals surface area (Å²) in [6, 6.07) is 2.28. The largest absolute Gasteiger partial charge is 0.451 e. The van der Waals surface area contributed by atoms with Crippen molar-refractivity contribution >= 4 is 34.2 Å². The van der Waals surface area contributed by atoms with Gasteiger partial charge in [0.15, 0.2) is 28.0 Å². The van der Waals surface area contributed by atoms with Gasteiger partial charge in [0.2, 0.25) is 0 Å². The zero-order chi connectivity index (χ0) is 38.1. The lowest BCUT2D eigenvalue weighted by molar-refractivity contribution is -0.168. The number of halogens is 3. The highest BCUT2D eigenvalue weighted by Crippen LogP contribution is 2.42. The Hall–Kier alpha value is -1.83. The van der Waals surface area contributed by atoms with E-state index in [4.69, 9.17) is 13.6 Å². The molecule has 278 valence electrons. The molecule has 0 rings (SSSR count). The molecule has 0 spiro atoms. The third-order valence-corrected chi connectivity index (χ3v) is 19.8. The fourth-order valence-corrected chi connectivity index (χ4v) is 9.88. The van der Waals surface area contributed by atoms with Gasteiger partial charge >= 0.3 is 12.1 Å². The topological polar surface area (TPSA) is 78.9 Å². The van der Waals surface area contributed by atoms with Crippen LogP contribution in [-0.2, 0) is 28.0 Å². The van der Waals surface area contributed by atoms with Crippen molar-refractivity contribution in [2.24, 2.45) is 17.3 Å². The number of allylic oxidation sites excluding steroid dienone is 2. The summed E-state index contributed by atoms with van der Waals surface area (Å²) in [4.78, 5) is 41.0. The number of esters is 1. The molecule has 0 amide bonds. The quantitative estimate of drug-likeness (QED) is 0.0668. The van der Waals surface area contributed by atoms with Crippen LogP contribution < -0.4 is 0 Å². The van der Waals surface area contributed by atoms with E-state index >= 15 is 0 Å². The van der Waals surface area contributed by atoms with Gasteiger partial charge in [0, 0.05) is 23.3 Å². The molecule has 0 saturated carbocycles. The first-order valence-corrected chi connectivity index (χ1v) is 22.7. The first-order chi connectivity index (χ1) is 21.6. The van der Waals surface area contributed by atoms with Crippen LogP contribution in [0.25, 0.3) is 0 Å². The molecule has 5 atom stereocenters. The fourth-order valence-electron chi connectivity index (χ4n) is 5.45. The maximum Gasteiger partial charge on any atom is 0.412 e. The minimum absolute atomic E-state index is 0.0977. The molecule has 0 aliphatic heterocycles. The molecule has 0 aromatic heterocycles. The summed E-state index contributed by atoms with van der Waals surface area (Å²) in [6.45, 7) is 34.0. The Balaban J connectivity index is 6.82. The zero-order valence-corrected chi connectivity index (χ0v) is 34.3. The molecule has 0 fully saturated rings. The summed E-state index contributed by atoms with van der Waals surface area (Å²) < 4.78 is 60.1. The smallest absolute Gasteiger partial charge is 0.412 e. The number of ketones is 2. The Morgan fingerprint density at radius 2 is 1.38 bits per heavy atom. The van der Waals surface area contributed by atoms with E-state index in [1.165, 1.54) is 13.8 Å². The average molecular weight is 719 g/mol. The molecule has 0 aliphatic rings. The third kappa shape index (κ3) is 12.2. The van der Waals surface area contributed by atoms with Crippen molar-refractivity contribution < 1.29 is 41.1 Å². The molecule has 0 aromatic rings. The van der Waals surface area contributed by atoms with Gasteiger partial charge in [0.05, 0.1) is 18.6 Å². The lowest BCUT2D eigenvalue weighted by Crippen LogP contribution is -2.54. The SMILES string of the molecule is C=CC/C(=C\C[C@](C)(OC(=O)C[C@H](O[Si](CC)(CC)CC)C(C)(C)C(=O)[C@H](C)[C@@H](O[Si](C)(C)C(C)(C)C)[C@@H](C)C=C)C(C)=O)C(F)(F)F. The summed E-state index contributed by atoms with van der Waals surface area (Å²) in [5.41, 5.74) is -3.92. The monoisotopic (exact) mass is 718 g/mol. The molecule has 0 N–H and O–H groups in total. The van der Waals surface area contributed by atoms with Crippen LogP contribution in [0.5, 0.6) is 0 Å². The Kier molecular flexibility index (Phi) is 17.2. The number of ether oxygens (including phenoxy) is 1. The normalized spacial score (nSPS) is 17.5. The average Bonchev–Trinajstić information content (AvgIpc) is 2.97. The standard InChI is InChI=1S/C37H65F3O6Si2/c1-17-22-29(37(38,39)40)23-24-36(14,28(8)41)44-31(42)25-30(45-48(19-3,20-4)21-5)35(12,13)33(43)27(7)32(26(6)18-2)46-47(15,16)34(9,10)11/h17-18,23,26-27,30,32H,1-2,19-22,24-25H2,3-16H3/b29-23+/t26-,27+,30-,32-,36-/m0/s1. The first kappa shape index (κ1) is 46.2. The van der Waals surface area contributed by atoms with Gasteiger partial charge in [-0.1, -0.05) is 87.5 Å². The molecule has 0 saturated heterocycles. The minimum Gasteiger partial charge on any atom is -0.451 e. The van der Waals surface area contributed by atoms with Crippen LogP contribution in [0, 0.1) is 17.3 Å². The van der Waals surface area contributed by atoms with Crippen LogP contribution in [0.2, 0.25) is 36.3 Å². The molecule has 0 radical (unpaired) electrons. The molecule has 0 aromatic carbocycles. The number of rotatable bonds is 21. The number of carbonyl (C=O) groups excluding carboxylic acids is 3. The van der Waals surface area contributed by atoms with E-state index in [-0.39, 0.29) is 23.2 Å². The molecule has 48 heavy (non-hydrogen) atoms. The zero-order valence-electron chi connectivity index (χ0n) is 32.3. The van der Waals surface area contributed by atoms with Crippen molar-refractivity contribution in [3.63, 3.8) is 0 Å². The highest BCUT2D eigenvalue weighted by molar-refractivity contribution is 6.74. The van der Waals surface area contributed by atoms with E-state index in [0.717, 1.165) is 30.3 Å². The number of alkyl halides is 3. The van der Waals surface area contributed by atoms with E-state index in [9.17, 15) is 27.6 Å². The molecule has 11 heteroatoms. The number of hydrogen-bond acceptors (Lipinski definition) is 6. The van der Waals surface area contributed by atoms with Gasteiger partial charge in [-0.05, 0) is 62.5 Å². The van der Waals surface area contributed by atoms with Gasteiger partial charge in [-0.15, -0.1) is 13.2 Å². The molecular formula is C37H65F3O6Si2. The van der Waals surface area contributed by atoms with Crippen LogP contribution in [0.4, 0.5) is 13.2 Å². The van der Waals surface area contributed by atoms with E-state index in [1.807, 2.05) is 34.6 Å². The first-order valence-electron chi connectivity index (χ1n) is 17.3. The summed E-state index contributed by atoms with van der Waals surface area (Å²) >= 11 is 0. The van der Waals surface area contributed by atoms with Crippen LogP contribution in [-0.4, -0.2) is 58.2 Å². The van der Waals surface area contributed by atoms with Crippen LogP contribution in [0.1, 0.15) is 102 Å². The van der Waals surface area contributed by atoms with Crippen molar-refractivity contribution in [1.82, 2.24) is 0 Å².